The fraction of sp³-hybridized carbons (Fsp3) is 0.417. The van der Waals surface area contributed by atoms with Crippen LogP contribution in [0, 0.1) is 5.41 Å². The lowest BCUT2D eigenvalue weighted by Crippen LogP contribution is -2.19. The quantitative estimate of drug-likeness (QED) is 0.645. The Balaban J connectivity index is 3.18. The maximum Gasteiger partial charge on any atom is 0.417 e. The highest BCUT2D eigenvalue weighted by atomic mass is 19.4. The van der Waals surface area contributed by atoms with Gasteiger partial charge in [0.2, 0.25) is 0 Å². The molecule has 0 saturated carbocycles. The Kier molecular flexibility index (Phi) is 4.21. The number of alkyl halides is 3. The molecule has 0 aliphatic heterocycles. The van der Waals surface area contributed by atoms with Crippen molar-refractivity contribution < 1.29 is 17.9 Å². The van der Waals surface area contributed by atoms with Gasteiger partial charge in [-0.3, -0.25) is 5.41 Å². The smallest absolute Gasteiger partial charge is 0.417 e. The highest BCUT2D eigenvalue weighted by Crippen LogP contribution is 2.34. The third kappa shape index (κ3) is 3.38. The summed E-state index contributed by atoms with van der Waals surface area (Å²) in [7, 11) is 0. The number of hydrogen-bond acceptors (Lipinski definition) is 2. The zero-order valence-electron chi connectivity index (χ0n) is 10.1. The molecular formula is C12H15F3N2O. The van der Waals surface area contributed by atoms with E-state index in [4.69, 9.17) is 15.9 Å². The first-order valence-electron chi connectivity index (χ1n) is 5.48. The molecule has 0 bridgehead atoms. The van der Waals surface area contributed by atoms with Crippen LogP contribution in [0.2, 0.25) is 0 Å². The number of nitrogens with two attached hydrogens (primary N) is 1. The minimum absolute atomic E-state index is 0.127. The molecular weight excluding hydrogens is 245 g/mol. The van der Waals surface area contributed by atoms with Gasteiger partial charge in [0.25, 0.3) is 0 Å². The van der Waals surface area contributed by atoms with Crippen LogP contribution in [-0.2, 0) is 6.18 Å². The van der Waals surface area contributed by atoms with Crippen LogP contribution in [-0.4, -0.2) is 11.9 Å². The van der Waals surface area contributed by atoms with Crippen molar-refractivity contribution in [3.63, 3.8) is 0 Å². The minimum Gasteiger partial charge on any atom is -0.491 e. The molecule has 1 unspecified atom stereocenters. The molecule has 0 aliphatic carbocycles. The zero-order valence-corrected chi connectivity index (χ0v) is 10.1. The summed E-state index contributed by atoms with van der Waals surface area (Å²) < 4.78 is 43.7. The number of benzene rings is 1. The molecule has 0 heterocycles. The zero-order chi connectivity index (χ0) is 13.9. The third-order valence-corrected chi connectivity index (χ3v) is 2.50. The molecule has 3 nitrogen and oxygen atoms in total. The standard InChI is InChI=1S/C12H15F3N2O/c1-3-7(2)18-8-4-5-9(11(16)17)10(6-8)12(13,14)15/h4-7H,3H2,1-2H3,(H3,16,17). The fourth-order valence-electron chi connectivity index (χ4n) is 1.38. The Morgan fingerprint density at radius 3 is 2.50 bits per heavy atom. The van der Waals surface area contributed by atoms with Crippen LogP contribution >= 0.6 is 0 Å². The van der Waals surface area contributed by atoms with Crippen LogP contribution in [0.1, 0.15) is 31.4 Å². The Morgan fingerprint density at radius 2 is 2.06 bits per heavy atom. The molecule has 1 rings (SSSR count). The summed E-state index contributed by atoms with van der Waals surface area (Å²) in [6, 6.07) is 3.42. The highest BCUT2D eigenvalue weighted by Gasteiger charge is 2.34. The van der Waals surface area contributed by atoms with E-state index in [9.17, 15) is 13.2 Å². The van der Waals surface area contributed by atoms with E-state index < -0.39 is 17.6 Å². The van der Waals surface area contributed by atoms with Gasteiger partial charge in [-0.1, -0.05) is 6.92 Å². The second-order valence-electron chi connectivity index (χ2n) is 3.96. The molecule has 3 N–H and O–H groups in total. The van der Waals surface area contributed by atoms with Gasteiger partial charge >= 0.3 is 6.18 Å². The molecule has 0 fully saturated rings. The van der Waals surface area contributed by atoms with Crippen LogP contribution in [0.15, 0.2) is 18.2 Å². The van der Waals surface area contributed by atoms with E-state index in [0.717, 1.165) is 12.1 Å². The number of hydrogen-bond donors (Lipinski definition) is 2. The number of halogens is 3. The van der Waals surface area contributed by atoms with Crippen molar-refractivity contribution in [2.75, 3.05) is 0 Å². The Labute approximate surface area is 103 Å². The number of nitrogen functional groups attached to an aromatic ring is 1. The largest absolute Gasteiger partial charge is 0.491 e. The average Bonchev–Trinajstić information content (AvgIpc) is 2.27. The van der Waals surface area contributed by atoms with Crippen molar-refractivity contribution in [1.29, 1.82) is 5.41 Å². The van der Waals surface area contributed by atoms with Gasteiger partial charge in [0.1, 0.15) is 11.6 Å². The number of ether oxygens (including phenoxy) is 1. The average molecular weight is 260 g/mol. The molecule has 1 aromatic carbocycles. The van der Waals surface area contributed by atoms with E-state index in [1.165, 1.54) is 6.07 Å². The van der Waals surface area contributed by atoms with Crippen LogP contribution in [0.25, 0.3) is 0 Å². The molecule has 18 heavy (non-hydrogen) atoms. The normalized spacial score (nSPS) is 13.2. The SMILES string of the molecule is CCC(C)Oc1ccc(C(=N)N)c(C(F)(F)F)c1. The van der Waals surface area contributed by atoms with E-state index in [1.54, 1.807) is 6.92 Å². The van der Waals surface area contributed by atoms with Crippen LogP contribution in [0.3, 0.4) is 0 Å². The first kappa shape index (κ1) is 14.3. The maximum atomic E-state index is 12.8. The Morgan fingerprint density at radius 1 is 1.44 bits per heavy atom. The van der Waals surface area contributed by atoms with E-state index in [1.807, 2.05) is 6.92 Å². The van der Waals surface area contributed by atoms with Crippen molar-refractivity contribution in [3.05, 3.63) is 29.3 Å². The molecule has 1 aromatic rings. The number of amidine groups is 1. The summed E-state index contributed by atoms with van der Waals surface area (Å²) in [4.78, 5) is 0. The summed E-state index contributed by atoms with van der Waals surface area (Å²) in [5.74, 6) is -0.487. The van der Waals surface area contributed by atoms with Crippen LogP contribution in [0.4, 0.5) is 13.2 Å². The molecule has 0 amide bonds. The topological polar surface area (TPSA) is 59.1 Å². The molecule has 0 spiro atoms. The van der Waals surface area contributed by atoms with Crippen molar-refractivity contribution in [2.45, 2.75) is 32.5 Å². The van der Waals surface area contributed by atoms with E-state index in [0.29, 0.717) is 6.42 Å². The first-order chi connectivity index (χ1) is 8.25. The highest BCUT2D eigenvalue weighted by molar-refractivity contribution is 5.96. The summed E-state index contributed by atoms with van der Waals surface area (Å²) >= 11 is 0. The van der Waals surface area contributed by atoms with Gasteiger partial charge in [-0.15, -0.1) is 0 Å². The summed E-state index contributed by atoms with van der Waals surface area (Å²) in [6.45, 7) is 3.64. The summed E-state index contributed by atoms with van der Waals surface area (Å²) in [6.07, 6.45) is -4.04. The van der Waals surface area contributed by atoms with Crippen molar-refractivity contribution in [1.82, 2.24) is 0 Å². The predicted molar refractivity (Wildman–Crippen MR) is 62.8 cm³/mol. The van der Waals surface area contributed by atoms with E-state index in [-0.39, 0.29) is 17.4 Å². The van der Waals surface area contributed by atoms with Crippen LogP contribution in [0.5, 0.6) is 5.75 Å². The van der Waals surface area contributed by atoms with Gasteiger partial charge in [-0.2, -0.15) is 13.2 Å². The Hall–Kier alpha value is -1.72. The first-order valence-corrected chi connectivity index (χ1v) is 5.48. The monoisotopic (exact) mass is 260 g/mol. The molecule has 0 aromatic heterocycles. The van der Waals surface area contributed by atoms with E-state index in [2.05, 4.69) is 0 Å². The van der Waals surface area contributed by atoms with E-state index >= 15 is 0 Å². The van der Waals surface area contributed by atoms with Gasteiger partial charge in [-0.25, -0.2) is 0 Å². The molecule has 0 aliphatic rings. The molecule has 100 valence electrons. The molecule has 6 heteroatoms. The van der Waals surface area contributed by atoms with Gasteiger partial charge in [-0.05, 0) is 31.5 Å². The second-order valence-corrected chi connectivity index (χ2v) is 3.96. The molecule has 1 atom stereocenters. The predicted octanol–water partition coefficient (Wildman–Crippen LogP) is 3.17. The number of rotatable bonds is 4. The minimum atomic E-state index is -4.56. The lowest BCUT2D eigenvalue weighted by molar-refractivity contribution is -0.137. The van der Waals surface area contributed by atoms with Crippen LogP contribution < -0.4 is 10.5 Å². The van der Waals surface area contributed by atoms with Gasteiger partial charge in [0.15, 0.2) is 0 Å². The lowest BCUT2D eigenvalue weighted by Gasteiger charge is -2.16. The Bertz CT molecular complexity index is 443. The fourth-order valence-corrected chi connectivity index (χ4v) is 1.38. The van der Waals surface area contributed by atoms with Gasteiger partial charge < -0.3 is 10.5 Å². The third-order valence-electron chi connectivity index (χ3n) is 2.50. The molecule has 0 saturated heterocycles. The number of nitrogens with one attached hydrogen (secondary N) is 1. The van der Waals surface area contributed by atoms with Crippen molar-refractivity contribution >= 4 is 5.84 Å². The van der Waals surface area contributed by atoms with Gasteiger partial charge in [0, 0.05) is 5.56 Å². The lowest BCUT2D eigenvalue weighted by atomic mass is 10.1. The maximum absolute atomic E-state index is 12.8. The van der Waals surface area contributed by atoms with Crippen molar-refractivity contribution in [3.8, 4) is 5.75 Å². The molecule has 0 radical (unpaired) electrons. The van der Waals surface area contributed by atoms with Crippen molar-refractivity contribution in [2.24, 2.45) is 5.73 Å². The summed E-state index contributed by atoms with van der Waals surface area (Å²) in [5.41, 5.74) is 3.85. The summed E-state index contributed by atoms with van der Waals surface area (Å²) in [5, 5.41) is 7.14. The van der Waals surface area contributed by atoms with Gasteiger partial charge in [0.05, 0.1) is 11.7 Å². The second kappa shape index (κ2) is 5.29.